The van der Waals surface area contributed by atoms with Gasteiger partial charge in [-0.2, -0.15) is 0 Å². The second-order valence-corrected chi connectivity index (χ2v) is 4.15. The standard InChI is InChI=1S/C13H15F2NO4/c1-16(10(12(14)15)7-11(17)18)13(19)20-8-9-5-3-2-4-6-9/h2-6,10,12H,7-8H2,1H3,(H,17,18). The van der Waals surface area contributed by atoms with Crippen LogP contribution in [0.3, 0.4) is 0 Å². The maximum absolute atomic E-state index is 12.7. The van der Waals surface area contributed by atoms with Gasteiger partial charge in [-0.05, 0) is 5.56 Å². The Bertz CT molecular complexity index is 453. The van der Waals surface area contributed by atoms with Gasteiger partial charge >= 0.3 is 12.1 Å². The van der Waals surface area contributed by atoms with Gasteiger partial charge in [0, 0.05) is 7.05 Å². The second kappa shape index (κ2) is 7.42. The number of ether oxygens (including phenoxy) is 1. The molecule has 0 saturated heterocycles. The Kier molecular flexibility index (Phi) is 5.89. The highest BCUT2D eigenvalue weighted by Gasteiger charge is 2.31. The largest absolute Gasteiger partial charge is 0.481 e. The fraction of sp³-hybridized carbons (Fsp3) is 0.385. The summed E-state index contributed by atoms with van der Waals surface area (Å²) in [5.41, 5.74) is 0.709. The molecule has 0 aliphatic carbocycles. The summed E-state index contributed by atoms with van der Waals surface area (Å²) in [6.07, 6.45) is -4.78. The van der Waals surface area contributed by atoms with E-state index in [0.717, 1.165) is 7.05 Å². The van der Waals surface area contributed by atoms with Crippen LogP contribution in [-0.2, 0) is 16.1 Å². The Balaban J connectivity index is 2.58. The number of rotatable bonds is 6. The Morgan fingerprint density at radius 1 is 1.30 bits per heavy atom. The van der Waals surface area contributed by atoms with Crippen molar-refractivity contribution in [3.63, 3.8) is 0 Å². The number of nitrogens with zero attached hydrogens (tertiary/aromatic N) is 1. The summed E-state index contributed by atoms with van der Waals surface area (Å²) in [6.45, 7) is -0.0625. The number of hydrogen-bond acceptors (Lipinski definition) is 3. The van der Waals surface area contributed by atoms with Crippen molar-refractivity contribution in [1.82, 2.24) is 4.90 Å². The average molecular weight is 287 g/mol. The van der Waals surface area contributed by atoms with Crippen molar-refractivity contribution < 1.29 is 28.2 Å². The number of benzene rings is 1. The van der Waals surface area contributed by atoms with Crippen molar-refractivity contribution in [3.05, 3.63) is 35.9 Å². The molecular formula is C13H15F2NO4. The summed E-state index contributed by atoms with van der Waals surface area (Å²) < 4.78 is 30.3. The number of carbonyl (C=O) groups excluding carboxylic acids is 1. The minimum atomic E-state index is -2.96. The average Bonchev–Trinajstić information content (AvgIpc) is 2.42. The molecule has 1 aromatic rings. The quantitative estimate of drug-likeness (QED) is 0.872. The van der Waals surface area contributed by atoms with E-state index in [1.54, 1.807) is 30.3 Å². The predicted molar refractivity (Wildman–Crippen MR) is 66.4 cm³/mol. The molecule has 5 nitrogen and oxygen atoms in total. The number of hydrogen-bond donors (Lipinski definition) is 1. The molecule has 20 heavy (non-hydrogen) atoms. The zero-order valence-corrected chi connectivity index (χ0v) is 10.8. The van der Waals surface area contributed by atoms with Crippen molar-refractivity contribution in [3.8, 4) is 0 Å². The zero-order chi connectivity index (χ0) is 15.1. The molecule has 0 fully saturated rings. The fourth-order valence-electron chi connectivity index (χ4n) is 1.53. The molecule has 0 spiro atoms. The maximum atomic E-state index is 12.7. The SMILES string of the molecule is CN(C(=O)OCc1ccccc1)C(CC(=O)O)C(F)F. The lowest BCUT2D eigenvalue weighted by atomic mass is 10.2. The molecule has 1 unspecified atom stereocenters. The van der Waals surface area contributed by atoms with Crippen LogP contribution in [0.15, 0.2) is 30.3 Å². The van der Waals surface area contributed by atoms with E-state index < -0.39 is 31.0 Å². The molecule has 0 aromatic heterocycles. The number of alkyl halides is 2. The van der Waals surface area contributed by atoms with Gasteiger partial charge in [0.25, 0.3) is 6.43 Å². The maximum Gasteiger partial charge on any atom is 0.410 e. The second-order valence-electron chi connectivity index (χ2n) is 4.15. The van der Waals surface area contributed by atoms with Gasteiger partial charge in [0.2, 0.25) is 0 Å². The van der Waals surface area contributed by atoms with Gasteiger partial charge in [0.15, 0.2) is 0 Å². The molecule has 1 rings (SSSR count). The van der Waals surface area contributed by atoms with Gasteiger partial charge < -0.3 is 14.7 Å². The Morgan fingerprint density at radius 3 is 2.40 bits per heavy atom. The van der Waals surface area contributed by atoms with Crippen molar-refractivity contribution in [1.29, 1.82) is 0 Å². The lowest BCUT2D eigenvalue weighted by Crippen LogP contribution is -2.43. The third-order valence-corrected chi connectivity index (χ3v) is 2.67. The van der Waals surface area contributed by atoms with E-state index in [9.17, 15) is 18.4 Å². The van der Waals surface area contributed by atoms with Crippen LogP contribution >= 0.6 is 0 Å². The van der Waals surface area contributed by atoms with E-state index in [2.05, 4.69) is 0 Å². The van der Waals surface area contributed by atoms with E-state index in [0.29, 0.717) is 10.5 Å². The highest BCUT2D eigenvalue weighted by Crippen LogP contribution is 2.14. The minimum Gasteiger partial charge on any atom is -0.481 e. The van der Waals surface area contributed by atoms with Crippen LogP contribution in [0.5, 0.6) is 0 Å². The molecule has 0 saturated carbocycles. The van der Waals surface area contributed by atoms with E-state index in [1.807, 2.05) is 0 Å². The fourth-order valence-corrected chi connectivity index (χ4v) is 1.53. The third kappa shape index (κ3) is 4.83. The van der Waals surface area contributed by atoms with Gasteiger partial charge in [-0.3, -0.25) is 4.79 Å². The van der Waals surface area contributed by atoms with Crippen LogP contribution < -0.4 is 0 Å². The van der Waals surface area contributed by atoms with Crippen molar-refractivity contribution >= 4 is 12.1 Å². The van der Waals surface area contributed by atoms with Crippen LogP contribution in [0.2, 0.25) is 0 Å². The molecule has 0 aliphatic heterocycles. The van der Waals surface area contributed by atoms with E-state index in [-0.39, 0.29) is 6.61 Å². The molecule has 7 heteroatoms. The van der Waals surface area contributed by atoms with Crippen molar-refractivity contribution in [2.45, 2.75) is 25.5 Å². The summed E-state index contributed by atoms with van der Waals surface area (Å²) in [6, 6.07) is 7.01. The number of carbonyl (C=O) groups is 2. The smallest absolute Gasteiger partial charge is 0.410 e. The van der Waals surface area contributed by atoms with Gasteiger partial charge in [-0.15, -0.1) is 0 Å². The summed E-state index contributed by atoms with van der Waals surface area (Å²) >= 11 is 0. The summed E-state index contributed by atoms with van der Waals surface area (Å²) in [5.74, 6) is -1.40. The number of halogens is 2. The molecule has 1 amide bonds. The van der Waals surface area contributed by atoms with Crippen LogP contribution in [0, 0.1) is 0 Å². The third-order valence-electron chi connectivity index (χ3n) is 2.67. The first-order valence-electron chi connectivity index (χ1n) is 5.85. The Hall–Kier alpha value is -2.18. The zero-order valence-electron chi connectivity index (χ0n) is 10.8. The van der Waals surface area contributed by atoms with Gasteiger partial charge in [-0.1, -0.05) is 30.3 Å². The molecule has 0 bridgehead atoms. The molecule has 1 aromatic carbocycles. The van der Waals surface area contributed by atoms with Crippen LogP contribution in [0.25, 0.3) is 0 Å². The Labute approximate surface area is 114 Å². The number of carboxylic acid groups (broad SMARTS) is 1. The predicted octanol–water partition coefficient (Wildman–Crippen LogP) is 2.36. The first-order valence-corrected chi connectivity index (χ1v) is 5.85. The molecule has 1 atom stereocenters. The molecule has 0 aliphatic rings. The molecule has 0 radical (unpaired) electrons. The summed E-state index contributed by atoms with van der Waals surface area (Å²) in [4.78, 5) is 22.7. The van der Waals surface area contributed by atoms with Crippen LogP contribution in [0.4, 0.5) is 13.6 Å². The minimum absolute atomic E-state index is 0.0625. The molecule has 110 valence electrons. The first-order chi connectivity index (χ1) is 9.41. The van der Waals surface area contributed by atoms with Crippen molar-refractivity contribution in [2.24, 2.45) is 0 Å². The first kappa shape index (κ1) is 15.9. The summed E-state index contributed by atoms with van der Waals surface area (Å²) in [5, 5.41) is 8.56. The van der Waals surface area contributed by atoms with Crippen molar-refractivity contribution in [2.75, 3.05) is 7.05 Å². The highest BCUT2D eigenvalue weighted by molar-refractivity contribution is 5.71. The molecule has 0 heterocycles. The van der Waals surface area contributed by atoms with Gasteiger partial charge in [0.1, 0.15) is 12.6 Å². The lowest BCUT2D eigenvalue weighted by Gasteiger charge is -2.25. The van der Waals surface area contributed by atoms with Crippen LogP contribution in [-0.4, -0.2) is 41.6 Å². The molecule has 1 N–H and O–H groups in total. The van der Waals surface area contributed by atoms with E-state index in [1.165, 1.54) is 0 Å². The monoisotopic (exact) mass is 287 g/mol. The number of aliphatic carboxylic acids is 1. The lowest BCUT2D eigenvalue weighted by molar-refractivity contribution is -0.139. The normalized spacial score (nSPS) is 12.0. The van der Waals surface area contributed by atoms with E-state index >= 15 is 0 Å². The molecular weight excluding hydrogens is 272 g/mol. The van der Waals surface area contributed by atoms with Gasteiger partial charge in [0.05, 0.1) is 6.42 Å². The topological polar surface area (TPSA) is 66.8 Å². The van der Waals surface area contributed by atoms with Gasteiger partial charge in [-0.25, -0.2) is 13.6 Å². The van der Waals surface area contributed by atoms with E-state index in [4.69, 9.17) is 9.84 Å². The highest BCUT2D eigenvalue weighted by atomic mass is 19.3. The Morgan fingerprint density at radius 2 is 1.90 bits per heavy atom. The number of carboxylic acids is 1. The van der Waals surface area contributed by atoms with Crippen LogP contribution in [0.1, 0.15) is 12.0 Å². The number of amides is 1. The summed E-state index contributed by atoms with van der Waals surface area (Å²) in [7, 11) is 1.09.